The van der Waals surface area contributed by atoms with E-state index < -0.39 is 24.5 Å². The number of carbonyl (C=O) groups is 2. The summed E-state index contributed by atoms with van der Waals surface area (Å²) in [6.45, 7) is 3.98. The van der Waals surface area contributed by atoms with Gasteiger partial charge in [-0.25, -0.2) is 4.79 Å². The lowest BCUT2D eigenvalue weighted by molar-refractivity contribution is -0.157. The number of aliphatic carboxylic acids is 2. The molecule has 0 rings (SSSR count). The SMILES string of the molecule is CC(C)COC(CC(=O)O)C(=O)O. The molecule has 5 nitrogen and oxygen atoms in total. The molecule has 0 aromatic carbocycles. The van der Waals surface area contributed by atoms with Crippen LogP contribution in [0.3, 0.4) is 0 Å². The molecule has 0 aliphatic carbocycles. The van der Waals surface area contributed by atoms with Crippen molar-refractivity contribution in [1.82, 2.24) is 0 Å². The summed E-state index contributed by atoms with van der Waals surface area (Å²) in [6.07, 6.45) is -1.73. The summed E-state index contributed by atoms with van der Waals surface area (Å²) in [6, 6.07) is 0. The molecule has 0 aliphatic heterocycles. The second-order valence-electron chi connectivity index (χ2n) is 3.15. The molecule has 0 bridgehead atoms. The summed E-state index contributed by atoms with van der Waals surface area (Å²) in [4.78, 5) is 20.7. The first kappa shape index (κ1) is 11.9. The van der Waals surface area contributed by atoms with E-state index in [0.717, 1.165) is 0 Å². The second-order valence-corrected chi connectivity index (χ2v) is 3.15. The number of carboxylic acids is 2. The van der Waals surface area contributed by atoms with E-state index >= 15 is 0 Å². The van der Waals surface area contributed by atoms with Crippen LogP contribution in [0.15, 0.2) is 0 Å². The van der Waals surface area contributed by atoms with Gasteiger partial charge in [-0.15, -0.1) is 0 Å². The molecule has 0 heterocycles. The number of ether oxygens (including phenoxy) is 1. The van der Waals surface area contributed by atoms with E-state index in [1.54, 1.807) is 0 Å². The Morgan fingerprint density at radius 1 is 1.31 bits per heavy atom. The van der Waals surface area contributed by atoms with Crippen molar-refractivity contribution in [3.05, 3.63) is 0 Å². The van der Waals surface area contributed by atoms with Crippen molar-refractivity contribution < 1.29 is 24.5 Å². The van der Waals surface area contributed by atoms with Gasteiger partial charge in [0.2, 0.25) is 0 Å². The van der Waals surface area contributed by atoms with Gasteiger partial charge in [0.05, 0.1) is 13.0 Å². The molecule has 1 atom stereocenters. The van der Waals surface area contributed by atoms with Crippen LogP contribution in [0.25, 0.3) is 0 Å². The number of rotatable bonds is 6. The molecule has 0 saturated carbocycles. The van der Waals surface area contributed by atoms with Gasteiger partial charge < -0.3 is 14.9 Å². The minimum Gasteiger partial charge on any atom is -0.481 e. The van der Waals surface area contributed by atoms with Crippen molar-refractivity contribution >= 4 is 11.9 Å². The Morgan fingerprint density at radius 3 is 2.15 bits per heavy atom. The Labute approximate surface area is 76.3 Å². The number of carboxylic acid groups (broad SMARTS) is 2. The molecule has 13 heavy (non-hydrogen) atoms. The lowest BCUT2D eigenvalue weighted by Crippen LogP contribution is -2.28. The molecule has 0 saturated heterocycles. The van der Waals surface area contributed by atoms with E-state index in [9.17, 15) is 9.59 Å². The van der Waals surface area contributed by atoms with Crippen LogP contribution in [-0.4, -0.2) is 34.9 Å². The fourth-order valence-electron chi connectivity index (χ4n) is 0.685. The molecule has 76 valence electrons. The van der Waals surface area contributed by atoms with E-state index in [2.05, 4.69) is 0 Å². The van der Waals surface area contributed by atoms with Crippen molar-refractivity contribution in [1.29, 1.82) is 0 Å². The Morgan fingerprint density at radius 2 is 1.85 bits per heavy atom. The molecule has 0 aliphatic rings. The highest BCUT2D eigenvalue weighted by atomic mass is 16.5. The topological polar surface area (TPSA) is 83.8 Å². The van der Waals surface area contributed by atoms with Crippen LogP contribution in [0.1, 0.15) is 20.3 Å². The lowest BCUT2D eigenvalue weighted by Gasteiger charge is -2.12. The average molecular weight is 190 g/mol. The third-order valence-corrected chi connectivity index (χ3v) is 1.27. The summed E-state index contributed by atoms with van der Waals surface area (Å²) < 4.78 is 4.90. The van der Waals surface area contributed by atoms with Gasteiger partial charge in [0.25, 0.3) is 0 Å². The predicted molar refractivity (Wildman–Crippen MR) is 44.5 cm³/mol. The molecule has 0 aromatic heterocycles. The Kier molecular flexibility index (Phi) is 5.06. The van der Waals surface area contributed by atoms with Gasteiger partial charge in [-0.05, 0) is 5.92 Å². The smallest absolute Gasteiger partial charge is 0.333 e. The largest absolute Gasteiger partial charge is 0.481 e. The van der Waals surface area contributed by atoms with E-state index in [4.69, 9.17) is 14.9 Å². The van der Waals surface area contributed by atoms with Crippen LogP contribution >= 0.6 is 0 Å². The standard InChI is InChI=1S/C8H14O5/c1-5(2)4-13-6(8(11)12)3-7(9)10/h5-6H,3-4H2,1-2H3,(H,9,10)(H,11,12). The summed E-state index contributed by atoms with van der Waals surface area (Å²) in [5.41, 5.74) is 0. The van der Waals surface area contributed by atoms with Gasteiger partial charge in [-0.1, -0.05) is 13.8 Å². The molecule has 0 radical (unpaired) electrons. The monoisotopic (exact) mass is 190 g/mol. The Bertz CT molecular complexity index is 187. The highest BCUT2D eigenvalue weighted by Crippen LogP contribution is 2.02. The third-order valence-electron chi connectivity index (χ3n) is 1.27. The van der Waals surface area contributed by atoms with Gasteiger partial charge in [0.15, 0.2) is 6.10 Å². The van der Waals surface area contributed by atoms with Crippen molar-refractivity contribution in [3.8, 4) is 0 Å². The Hall–Kier alpha value is -1.10. The fourth-order valence-corrected chi connectivity index (χ4v) is 0.685. The van der Waals surface area contributed by atoms with Crippen LogP contribution in [0, 0.1) is 5.92 Å². The van der Waals surface area contributed by atoms with Gasteiger partial charge >= 0.3 is 11.9 Å². The number of hydrogen-bond donors (Lipinski definition) is 2. The minimum absolute atomic E-state index is 0.190. The third kappa shape index (κ3) is 6.10. The first-order valence-corrected chi connectivity index (χ1v) is 3.99. The van der Waals surface area contributed by atoms with Crippen molar-refractivity contribution in [2.75, 3.05) is 6.61 Å². The quantitative estimate of drug-likeness (QED) is 0.640. The van der Waals surface area contributed by atoms with Crippen LogP contribution in [-0.2, 0) is 14.3 Å². The summed E-state index contributed by atoms with van der Waals surface area (Å²) in [5, 5.41) is 16.9. The molecule has 0 fully saturated rings. The van der Waals surface area contributed by atoms with Crippen molar-refractivity contribution in [2.24, 2.45) is 5.92 Å². The molecule has 0 amide bonds. The maximum Gasteiger partial charge on any atom is 0.333 e. The first-order chi connectivity index (χ1) is 5.93. The number of hydrogen-bond acceptors (Lipinski definition) is 3. The molecule has 1 unspecified atom stereocenters. The Balaban J connectivity index is 3.95. The maximum absolute atomic E-state index is 10.5. The van der Waals surface area contributed by atoms with Crippen molar-refractivity contribution in [3.63, 3.8) is 0 Å². The zero-order valence-electron chi connectivity index (χ0n) is 7.69. The van der Waals surface area contributed by atoms with Crippen molar-refractivity contribution in [2.45, 2.75) is 26.4 Å². The average Bonchev–Trinajstić information content (AvgIpc) is 1.96. The van der Waals surface area contributed by atoms with Gasteiger partial charge in [-0.2, -0.15) is 0 Å². The molecule has 2 N–H and O–H groups in total. The van der Waals surface area contributed by atoms with E-state index in [1.807, 2.05) is 13.8 Å². The molecule has 0 aromatic rings. The maximum atomic E-state index is 10.5. The van der Waals surface area contributed by atoms with Crippen LogP contribution in [0.5, 0.6) is 0 Å². The molecular formula is C8H14O5. The second kappa shape index (κ2) is 5.53. The summed E-state index contributed by atoms with van der Waals surface area (Å²) >= 11 is 0. The first-order valence-electron chi connectivity index (χ1n) is 3.99. The molecular weight excluding hydrogens is 176 g/mol. The normalized spacial score (nSPS) is 12.8. The van der Waals surface area contributed by atoms with E-state index in [-0.39, 0.29) is 12.5 Å². The fraction of sp³-hybridized carbons (Fsp3) is 0.750. The highest BCUT2D eigenvalue weighted by Gasteiger charge is 2.21. The summed E-state index contributed by atoms with van der Waals surface area (Å²) in [5.74, 6) is -2.21. The predicted octanol–water partition coefficient (Wildman–Crippen LogP) is 0.587. The van der Waals surface area contributed by atoms with Crippen LogP contribution < -0.4 is 0 Å². The van der Waals surface area contributed by atoms with E-state index in [0.29, 0.717) is 0 Å². The highest BCUT2D eigenvalue weighted by molar-refractivity contribution is 5.79. The molecule has 0 spiro atoms. The zero-order chi connectivity index (χ0) is 10.4. The lowest BCUT2D eigenvalue weighted by atomic mass is 10.2. The van der Waals surface area contributed by atoms with Crippen LogP contribution in [0.2, 0.25) is 0 Å². The van der Waals surface area contributed by atoms with Gasteiger partial charge in [-0.3, -0.25) is 4.79 Å². The van der Waals surface area contributed by atoms with Gasteiger partial charge in [0, 0.05) is 0 Å². The summed E-state index contributed by atoms with van der Waals surface area (Å²) in [7, 11) is 0. The molecule has 5 heteroatoms. The minimum atomic E-state index is -1.24. The zero-order valence-corrected chi connectivity index (χ0v) is 7.69. The van der Waals surface area contributed by atoms with E-state index in [1.165, 1.54) is 0 Å². The van der Waals surface area contributed by atoms with Gasteiger partial charge in [0.1, 0.15) is 0 Å². The van der Waals surface area contributed by atoms with Crippen LogP contribution in [0.4, 0.5) is 0 Å².